The third-order valence-corrected chi connectivity index (χ3v) is 2.07. The van der Waals surface area contributed by atoms with Crippen LogP contribution in [-0.2, 0) is 4.79 Å². The molecule has 1 heterocycles. The Kier molecular flexibility index (Phi) is 2.30. The average molecular weight is 141 g/mol. The van der Waals surface area contributed by atoms with Gasteiger partial charge in [0, 0.05) is 12.0 Å². The van der Waals surface area contributed by atoms with Gasteiger partial charge in [0.2, 0.25) is 5.91 Å². The number of rotatable bonds is 2. The van der Waals surface area contributed by atoms with Crippen LogP contribution < -0.4 is 5.32 Å². The van der Waals surface area contributed by atoms with Crippen molar-refractivity contribution in [3.63, 3.8) is 0 Å². The Labute approximate surface area is 62.0 Å². The third-order valence-electron chi connectivity index (χ3n) is 2.07. The molecule has 0 aromatic carbocycles. The molecule has 0 bridgehead atoms. The van der Waals surface area contributed by atoms with E-state index in [1.807, 2.05) is 6.92 Å². The number of nitrogens with one attached hydrogen (secondary N) is 1. The second-order valence-electron chi connectivity index (χ2n) is 3.13. The topological polar surface area (TPSA) is 29.1 Å². The second-order valence-corrected chi connectivity index (χ2v) is 3.13. The van der Waals surface area contributed by atoms with Gasteiger partial charge in [0.25, 0.3) is 0 Å². The summed E-state index contributed by atoms with van der Waals surface area (Å²) in [4.78, 5) is 10.9. The first kappa shape index (κ1) is 7.58. The number of hydrogen-bond donors (Lipinski definition) is 1. The lowest BCUT2D eigenvalue weighted by molar-refractivity contribution is -0.122. The molecule has 0 saturated carbocycles. The molecule has 2 heteroatoms. The summed E-state index contributed by atoms with van der Waals surface area (Å²) in [6.07, 6.45) is 3.33. The Morgan fingerprint density at radius 3 is 2.80 bits per heavy atom. The van der Waals surface area contributed by atoms with Crippen LogP contribution in [0, 0.1) is 5.92 Å². The summed E-state index contributed by atoms with van der Waals surface area (Å²) in [6, 6.07) is 0.465. The zero-order valence-electron chi connectivity index (χ0n) is 6.68. The maximum Gasteiger partial charge on any atom is 0.223 e. The van der Waals surface area contributed by atoms with Gasteiger partial charge in [0.15, 0.2) is 0 Å². The van der Waals surface area contributed by atoms with E-state index >= 15 is 0 Å². The fourth-order valence-corrected chi connectivity index (χ4v) is 1.47. The van der Waals surface area contributed by atoms with Gasteiger partial charge in [-0.25, -0.2) is 0 Å². The minimum absolute atomic E-state index is 0.235. The molecular formula is C8H15NO. The van der Waals surface area contributed by atoms with Gasteiger partial charge in [-0.1, -0.05) is 20.3 Å². The van der Waals surface area contributed by atoms with Gasteiger partial charge in [0.1, 0.15) is 0 Å². The van der Waals surface area contributed by atoms with Crippen LogP contribution >= 0.6 is 0 Å². The minimum atomic E-state index is 0.235. The van der Waals surface area contributed by atoms with Crippen molar-refractivity contribution in [1.82, 2.24) is 5.32 Å². The van der Waals surface area contributed by atoms with Gasteiger partial charge in [0.05, 0.1) is 0 Å². The van der Waals surface area contributed by atoms with Crippen LogP contribution in [0.3, 0.4) is 0 Å². The Morgan fingerprint density at radius 1 is 1.70 bits per heavy atom. The Hall–Kier alpha value is -0.530. The van der Waals surface area contributed by atoms with E-state index in [4.69, 9.17) is 0 Å². The summed E-state index contributed by atoms with van der Waals surface area (Å²) in [5.74, 6) is 0.481. The Balaban J connectivity index is 2.34. The van der Waals surface area contributed by atoms with Crippen molar-refractivity contribution in [2.45, 2.75) is 39.2 Å². The maximum atomic E-state index is 10.9. The summed E-state index contributed by atoms with van der Waals surface area (Å²) in [5.41, 5.74) is 0. The molecule has 1 N–H and O–H groups in total. The van der Waals surface area contributed by atoms with Crippen molar-refractivity contribution < 1.29 is 4.79 Å². The Morgan fingerprint density at radius 2 is 2.40 bits per heavy atom. The molecule has 1 aliphatic heterocycles. The summed E-state index contributed by atoms with van der Waals surface area (Å²) in [6.45, 7) is 4.14. The molecule has 58 valence electrons. The van der Waals surface area contributed by atoms with Gasteiger partial charge in [-0.05, 0) is 12.8 Å². The monoisotopic (exact) mass is 141 g/mol. The number of hydrogen-bond acceptors (Lipinski definition) is 1. The standard InChI is InChI=1S/C8H15NO/c1-3-4-7-5-6(2)8(10)9-7/h6-7H,3-5H2,1-2H3,(H,9,10). The van der Waals surface area contributed by atoms with Crippen LogP contribution in [-0.4, -0.2) is 11.9 Å². The number of carbonyl (C=O) groups is 1. The van der Waals surface area contributed by atoms with Crippen molar-refractivity contribution in [2.75, 3.05) is 0 Å². The SMILES string of the molecule is CCCC1CC(C)C(=O)N1. The van der Waals surface area contributed by atoms with E-state index in [9.17, 15) is 4.79 Å². The summed E-state index contributed by atoms with van der Waals surface area (Å²) in [5, 5.41) is 2.97. The number of carbonyl (C=O) groups excluding carboxylic acids is 1. The van der Waals surface area contributed by atoms with Crippen LogP contribution in [0.1, 0.15) is 33.1 Å². The van der Waals surface area contributed by atoms with Crippen LogP contribution in [0.15, 0.2) is 0 Å². The molecule has 0 aromatic heterocycles. The molecule has 1 rings (SSSR count). The first-order chi connectivity index (χ1) is 4.74. The highest BCUT2D eigenvalue weighted by Gasteiger charge is 2.26. The first-order valence-electron chi connectivity index (χ1n) is 4.04. The molecule has 2 nitrogen and oxygen atoms in total. The van der Waals surface area contributed by atoms with Crippen LogP contribution in [0.4, 0.5) is 0 Å². The fourth-order valence-electron chi connectivity index (χ4n) is 1.47. The van der Waals surface area contributed by atoms with Gasteiger partial charge in [-0.15, -0.1) is 0 Å². The van der Waals surface area contributed by atoms with Crippen molar-refractivity contribution in [1.29, 1.82) is 0 Å². The quantitative estimate of drug-likeness (QED) is 0.617. The van der Waals surface area contributed by atoms with Crippen molar-refractivity contribution in [3.8, 4) is 0 Å². The normalized spacial score (nSPS) is 32.4. The van der Waals surface area contributed by atoms with Gasteiger partial charge < -0.3 is 5.32 Å². The summed E-state index contributed by atoms with van der Waals surface area (Å²) in [7, 11) is 0. The fraction of sp³-hybridized carbons (Fsp3) is 0.875. The molecule has 1 fully saturated rings. The molecule has 0 spiro atoms. The lowest BCUT2D eigenvalue weighted by atomic mass is 10.0. The predicted octanol–water partition coefficient (Wildman–Crippen LogP) is 1.31. The lowest BCUT2D eigenvalue weighted by Gasteiger charge is -2.05. The first-order valence-corrected chi connectivity index (χ1v) is 4.04. The van der Waals surface area contributed by atoms with Crippen molar-refractivity contribution in [3.05, 3.63) is 0 Å². The molecule has 1 aliphatic rings. The molecule has 0 aliphatic carbocycles. The molecule has 1 amide bonds. The average Bonchev–Trinajstić information content (AvgIpc) is 2.14. The smallest absolute Gasteiger partial charge is 0.223 e. The predicted molar refractivity (Wildman–Crippen MR) is 40.6 cm³/mol. The van der Waals surface area contributed by atoms with E-state index in [1.54, 1.807) is 0 Å². The van der Waals surface area contributed by atoms with Crippen LogP contribution in [0.2, 0.25) is 0 Å². The van der Waals surface area contributed by atoms with E-state index in [1.165, 1.54) is 0 Å². The molecule has 1 saturated heterocycles. The minimum Gasteiger partial charge on any atom is -0.353 e. The molecule has 2 unspecified atom stereocenters. The van der Waals surface area contributed by atoms with Crippen molar-refractivity contribution in [2.24, 2.45) is 5.92 Å². The molecule has 0 radical (unpaired) electrons. The highest BCUT2D eigenvalue weighted by Crippen LogP contribution is 2.17. The molecule has 2 atom stereocenters. The van der Waals surface area contributed by atoms with Gasteiger partial charge >= 0.3 is 0 Å². The van der Waals surface area contributed by atoms with Gasteiger partial charge in [-0.3, -0.25) is 4.79 Å². The van der Waals surface area contributed by atoms with E-state index < -0.39 is 0 Å². The lowest BCUT2D eigenvalue weighted by Crippen LogP contribution is -2.25. The Bertz CT molecular complexity index is 133. The largest absolute Gasteiger partial charge is 0.353 e. The van der Waals surface area contributed by atoms with E-state index in [-0.39, 0.29) is 11.8 Å². The van der Waals surface area contributed by atoms with Gasteiger partial charge in [-0.2, -0.15) is 0 Å². The summed E-state index contributed by atoms with van der Waals surface area (Å²) < 4.78 is 0. The summed E-state index contributed by atoms with van der Waals surface area (Å²) >= 11 is 0. The highest BCUT2D eigenvalue weighted by atomic mass is 16.2. The van der Waals surface area contributed by atoms with Crippen LogP contribution in [0.25, 0.3) is 0 Å². The molecular weight excluding hydrogens is 126 g/mol. The molecule has 10 heavy (non-hydrogen) atoms. The van der Waals surface area contributed by atoms with E-state index in [2.05, 4.69) is 12.2 Å². The zero-order chi connectivity index (χ0) is 7.56. The van der Waals surface area contributed by atoms with Crippen LogP contribution in [0.5, 0.6) is 0 Å². The van der Waals surface area contributed by atoms with E-state index in [0.29, 0.717) is 6.04 Å². The van der Waals surface area contributed by atoms with E-state index in [0.717, 1.165) is 19.3 Å². The second kappa shape index (κ2) is 3.04. The number of amides is 1. The van der Waals surface area contributed by atoms with Crippen molar-refractivity contribution >= 4 is 5.91 Å². The molecule has 0 aromatic rings. The maximum absolute atomic E-state index is 10.9. The highest BCUT2D eigenvalue weighted by molar-refractivity contribution is 5.80. The third kappa shape index (κ3) is 1.49. The zero-order valence-corrected chi connectivity index (χ0v) is 6.68.